The van der Waals surface area contributed by atoms with E-state index in [1.165, 1.54) is 24.8 Å². The van der Waals surface area contributed by atoms with Crippen LogP contribution in [0.1, 0.15) is 46.5 Å². The van der Waals surface area contributed by atoms with Gasteiger partial charge >= 0.3 is 0 Å². The number of aryl methyl sites for hydroxylation is 2. The van der Waals surface area contributed by atoms with Crippen LogP contribution in [0, 0.1) is 13.8 Å². The van der Waals surface area contributed by atoms with Gasteiger partial charge in [-0.3, -0.25) is 9.69 Å². The molecule has 0 saturated carbocycles. The molecule has 1 N–H and O–H groups in total. The number of carbonyl (C=O) groups is 1. The zero-order valence-electron chi connectivity index (χ0n) is 17.7. The quantitative estimate of drug-likeness (QED) is 0.587. The molecule has 0 spiro atoms. The molecule has 2 aromatic heterocycles. The SMILES string of the molecule is Cc1ccc(-c2nc(C)sc2CC(=O)NC[C@@H](c2ccco2)N2CCCCC2)cc1. The van der Waals surface area contributed by atoms with Crippen LogP contribution >= 0.6 is 11.3 Å². The van der Waals surface area contributed by atoms with Crippen LogP contribution in [0.3, 0.4) is 0 Å². The Morgan fingerprint density at radius 1 is 1.17 bits per heavy atom. The first-order chi connectivity index (χ1) is 14.6. The summed E-state index contributed by atoms with van der Waals surface area (Å²) in [6, 6.07) is 12.3. The molecule has 1 aliphatic rings. The maximum absolute atomic E-state index is 12.8. The monoisotopic (exact) mass is 423 g/mol. The van der Waals surface area contributed by atoms with E-state index in [-0.39, 0.29) is 11.9 Å². The average Bonchev–Trinajstić information content (AvgIpc) is 3.40. The second-order valence-electron chi connectivity index (χ2n) is 7.98. The third-order valence-electron chi connectivity index (χ3n) is 5.65. The molecule has 6 heteroatoms. The zero-order chi connectivity index (χ0) is 20.9. The number of hydrogen-bond donors (Lipinski definition) is 1. The molecule has 4 rings (SSSR count). The van der Waals surface area contributed by atoms with Crippen molar-refractivity contribution in [3.63, 3.8) is 0 Å². The molecule has 1 aliphatic heterocycles. The van der Waals surface area contributed by atoms with Crippen molar-refractivity contribution in [1.82, 2.24) is 15.2 Å². The van der Waals surface area contributed by atoms with Crippen molar-refractivity contribution in [3.8, 4) is 11.3 Å². The maximum Gasteiger partial charge on any atom is 0.225 e. The fourth-order valence-corrected chi connectivity index (χ4v) is 5.02. The largest absolute Gasteiger partial charge is 0.468 e. The normalized spacial score (nSPS) is 15.8. The predicted molar refractivity (Wildman–Crippen MR) is 121 cm³/mol. The Hall–Kier alpha value is -2.44. The summed E-state index contributed by atoms with van der Waals surface area (Å²) in [6.45, 7) is 6.72. The minimum Gasteiger partial charge on any atom is -0.468 e. The highest BCUT2D eigenvalue weighted by atomic mass is 32.1. The van der Waals surface area contributed by atoms with Crippen LogP contribution < -0.4 is 5.32 Å². The number of likely N-dealkylation sites (tertiary alicyclic amines) is 1. The van der Waals surface area contributed by atoms with Crippen molar-refractivity contribution in [2.75, 3.05) is 19.6 Å². The van der Waals surface area contributed by atoms with E-state index in [1.807, 2.05) is 19.1 Å². The van der Waals surface area contributed by atoms with Crippen LogP contribution in [0.2, 0.25) is 0 Å². The second kappa shape index (κ2) is 9.58. The number of nitrogens with zero attached hydrogens (tertiary/aromatic N) is 2. The van der Waals surface area contributed by atoms with E-state index in [9.17, 15) is 4.79 Å². The maximum atomic E-state index is 12.8. The summed E-state index contributed by atoms with van der Waals surface area (Å²) >= 11 is 1.60. The molecule has 1 saturated heterocycles. The highest BCUT2D eigenvalue weighted by Gasteiger charge is 2.25. The fraction of sp³-hybridized carbons (Fsp3) is 0.417. The van der Waals surface area contributed by atoms with Crippen molar-refractivity contribution in [3.05, 3.63) is 63.9 Å². The van der Waals surface area contributed by atoms with E-state index in [0.29, 0.717) is 13.0 Å². The number of thiazole rings is 1. The van der Waals surface area contributed by atoms with Crippen LogP contribution in [0.5, 0.6) is 0 Å². The molecule has 5 nitrogen and oxygen atoms in total. The van der Waals surface area contributed by atoms with Gasteiger partial charge in [0.05, 0.1) is 29.4 Å². The smallest absolute Gasteiger partial charge is 0.225 e. The lowest BCUT2D eigenvalue weighted by molar-refractivity contribution is -0.120. The van der Waals surface area contributed by atoms with E-state index in [1.54, 1.807) is 17.6 Å². The molecule has 0 unspecified atom stereocenters. The van der Waals surface area contributed by atoms with Crippen LogP contribution in [-0.4, -0.2) is 35.4 Å². The minimum absolute atomic E-state index is 0.0283. The van der Waals surface area contributed by atoms with E-state index in [0.717, 1.165) is 40.0 Å². The molecule has 3 aromatic rings. The first-order valence-electron chi connectivity index (χ1n) is 10.7. The Kier molecular flexibility index (Phi) is 6.65. The van der Waals surface area contributed by atoms with Gasteiger partial charge in [-0.1, -0.05) is 36.2 Å². The summed E-state index contributed by atoms with van der Waals surface area (Å²) in [4.78, 5) is 21.0. The fourth-order valence-electron chi connectivity index (χ4n) is 4.07. The number of furan rings is 1. The Morgan fingerprint density at radius 2 is 1.93 bits per heavy atom. The first kappa shape index (κ1) is 20.8. The van der Waals surface area contributed by atoms with Gasteiger partial charge in [-0.05, 0) is 51.9 Å². The average molecular weight is 424 g/mol. The molecule has 30 heavy (non-hydrogen) atoms. The lowest BCUT2D eigenvalue weighted by Crippen LogP contribution is -2.40. The molecule has 158 valence electrons. The van der Waals surface area contributed by atoms with Crippen LogP contribution in [0.25, 0.3) is 11.3 Å². The van der Waals surface area contributed by atoms with Gasteiger partial charge in [0.25, 0.3) is 0 Å². The topological polar surface area (TPSA) is 58.4 Å². The Morgan fingerprint density at radius 3 is 2.63 bits per heavy atom. The summed E-state index contributed by atoms with van der Waals surface area (Å²) < 4.78 is 5.69. The predicted octanol–water partition coefficient (Wildman–Crippen LogP) is 4.91. The second-order valence-corrected chi connectivity index (χ2v) is 9.27. The lowest BCUT2D eigenvalue weighted by atomic mass is 10.1. The molecule has 0 radical (unpaired) electrons. The number of nitrogens with one attached hydrogen (secondary N) is 1. The summed E-state index contributed by atoms with van der Waals surface area (Å²) in [7, 11) is 0. The van der Waals surface area contributed by atoms with Gasteiger partial charge in [-0.25, -0.2) is 4.98 Å². The highest BCUT2D eigenvalue weighted by molar-refractivity contribution is 7.12. The number of rotatable bonds is 7. The molecular formula is C24H29N3O2S. The summed E-state index contributed by atoms with van der Waals surface area (Å²) in [5, 5.41) is 4.13. The van der Waals surface area contributed by atoms with Gasteiger partial charge in [0.2, 0.25) is 5.91 Å². The number of piperidine rings is 1. The number of amides is 1. The number of benzene rings is 1. The molecule has 1 amide bonds. The third-order valence-corrected chi connectivity index (χ3v) is 6.62. The van der Waals surface area contributed by atoms with Crippen LogP contribution in [0.15, 0.2) is 47.1 Å². The van der Waals surface area contributed by atoms with Crippen molar-refractivity contribution in [2.45, 2.75) is 45.6 Å². The van der Waals surface area contributed by atoms with Crippen molar-refractivity contribution in [2.24, 2.45) is 0 Å². The Labute approximate surface area is 182 Å². The van der Waals surface area contributed by atoms with Gasteiger partial charge in [0.15, 0.2) is 0 Å². The molecule has 0 bridgehead atoms. The molecule has 1 fully saturated rings. The summed E-state index contributed by atoms with van der Waals surface area (Å²) in [5.41, 5.74) is 3.20. The third kappa shape index (κ3) is 4.99. The Bertz CT molecular complexity index is 957. The summed E-state index contributed by atoms with van der Waals surface area (Å²) in [5.74, 6) is 0.951. The standard InChI is InChI=1S/C24H29N3O2S/c1-17-8-10-19(11-9-17)24-22(30-18(2)26-24)15-23(28)25-16-20(21-7-6-14-29-21)27-12-4-3-5-13-27/h6-11,14,20H,3-5,12-13,15-16H2,1-2H3,(H,25,28)/t20-/m0/s1. The molecule has 1 atom stereocenters. The molecule has 1 aromatic carbocycles. The Balaban J connectivity index is 1.43. The summed E-state index contributed by atoms with van der Waals surface area (Å²) in [6.07, 6.45) is 5.73. The van der Waals surface area contributed by atoms with E-state index < -0.39 is 0 Å². The van der Waals surface area contributed by atoms with Crippen molar-refractivity contribution in [1.29, 1.82) is 0 Å². The van der Waals surface area contributed by atoms with Gasteiger partial charge in [0.1, 0.15) is 5.76 Å². The van der Waals surface area contributed by atoms with Crippen molar-refractivity contribution >= 4 is 17.2 Å². The first-order valence-corrected chi connectivity index (χ1v) is 11.5. The van der Waals surface area contributed by atoms with E-state index in [2.05, 4.69) is 46.4 Å². The number of aromatic nitrogens is 1. The number of hydrogen-bond acceptors (Lipinski definition) is 5. The zero-order valence-corrected chi connectivity index (χ0v) is 18.5. The number of carbonyl (C=O) groups excluding carboxylic acids is 1. The van der Waals surface area contributed by atoms with Gasteiger partial charge < -0.3 is 9.73 Å². The molecular weight excluding hydrogens is 394 g/mol. The van der Waals surface area contributed by atoms with E-state index in [4.69, 9.17) is 4.42 Å². The van der Waals surface area contributed by atoms with E-state index >= 15 is 0 Å². The molecule has 3 heterocycles. The van der Waals surface area contributed by atoms with Gasteiger partial charge in [-0.2, -0.15) is 0 Å². The minimum atomic E-state index is 0.0283. The molecule has 0 aliphatic carbocycles. The van der Waals surface area contributed by atoms with Crippen LogP contribution in [0.4, 0.5) is 0 Å². The van der Waals surface area contributed by atoms with Crippen molar-refractivity contribution < 1.29 is 9.21 Å². The highest BCUT2D eigenvalue weighted by Crippen LogP contribution is 2.29. The van der Waals surface area contributed by atoms with Crippen LogP contribution in [-0.2, 0) is 11.2 Å². The lowest BCUT2D eigenvalue weighted by Gasteiger charge is -2.33. The van der Waals surface area contributed by atoms with Gasteiger partial charge in [-0.15, -0.1) is 11.3 Å². The van der Waals surface area contributed by atoms with Gasteiger partial charge in [0, 0.05) is 17.0 Å².